The minimum Gasteiger partial charge on any atom is -0.324 e. The molecular weight excluding hydrogens is 251 g/mol. The molecule has 1 aromatic rings. The Morgan fingerprint density at radius 2 is 1.75 bits per heavy atom. The molecule has 0 heterocycles. The highest BCUT2D eigenvalue weighted by atomic mass is 32.5. The maximum Gasteiger partial charge on any atom is 0.362 e. The largest absolute Gasteiger partial charge is 0.362 e. The van der Waals surface area contributed by atoms with Crippen LogP contribution in [-0.4, -0.2) is 0 Å². The molecule has 94 valence electrons. The molecule has 0 bridgehead atoms. The van der Waals surface area contributed by atoms with Gasteiger partial charge in [0.1, 0.15) is 0 Å². The molecular formula is C8H11F5N2S. The molecule has 0 spiro atoms. The van der Waals surface area contributed by atoms with Gasteiger partial charge in [-0.3, -0.25) is 4.72 Å². The molecule has 1 rings (SSSR count). The number of nitrogens with two attached hydrogens (primary N) is 1. The first-order valence-electron chi connectivity index (χ1n) is 4.25. The second-order valence-electron chi connectivity index (χ2n) is 3.49. The van der Waals surface area contributed by atoms with Crippen molar-refractivity contribution in [1.29, 1.82) is 0 Å². The summed E-state index contributed by atoms with van der Waals surface area (Å²) in [7, 11) is -9.64. The van der Waals surface area contributed by atoms with Gasteiger partial charge in [0.25, 0.3) is 0 Å². The van der Waals surface area contributed by atoms with Gasteiger partial charge >= 0.3 is 10.4 Å². The van der Waals surface area contributed by atoms with Gasteiger partial charge < -0.3 is 5.73 Å². The lowest BCUT2D eigenvalue weighted by atomic mass is 10.1. The molecule has 0 aromatic heterocycles. The van der Waals surface area contributed by atoms with Crippen molar-refractivity contribution in [3.8, 4) is 0 Å². The molecule has 1 atom stereocenters. The van der Waals surface area contributed by atoms with Gasteiger partial charge in [-0.15, -0.1) is 0 Å². The van der Waals surface area contributed by atoms with Crippen molar-refractivity contribution in [1.82, 2.24) is 0 Å². The number of benzene rings is 1. The van der Waals surface area contributed by atoms with Gasteiger partial charge in [-0.25, -0.2) is 0 Å². The van der Waals surface area contributed by atoms with Crippen molar-refractivity contribution in [2.45, 2.75) is 13.0 Å². The maximum absolute atomic E-state index is 12.1. The first-order chi connectivity index (χ1) is 6.86. The van der Waals surface area contributed by atoms with Gasteiger partial charge in [0, 0.05) is 6.04 Å². The first-order valence-corrected chi connectivity index (χ1v) is 6.20. The van der Waals surface area contributed by atoms with Crippen LogP contribution in [0.2, 0.25) is 0 Å². The van der Waals surface area contributed by atoms with Gasteiger partial charge in [0.05, 0.1) is 5.69 Å². The van der Waals surface area contributed by atoms with Crippen LogP contribution in [0.25, 0.3) is 0 Å². The highest BCUT2D eigenvalue weighted by molar-refractivity contribution is 8.46. The molecule has 0 aliphatic heterocycles. The monoisotopic (exact) mass is 262 g/mol. The third-order valence-electron chi connectivity index (χ3n) is 1.72. The van der Waals surface area contributed by atoms with Gasteiger partial charge in [0.2, 0.25) is 0 Å². The van der Waals surface area contributed by atoms with Crippen molar-refractivity contribution in [3.63, 3.8) is 0 Å². The molecule has 1 unspecified atom stereocenters. The van der Waals surface area contributed by atoms with Gasteiger partial charge in [-0.1, -0.05) is 31.6 Å². The fraction of sp³-hybridized carbons (Fsp3) is 0.250. The molecule has 0 amide bonds. The Kier molecular flexibility index (Phi) is 2.45. The predicted octanol–water partition coefficient (Wildman–Crippen LogP) is 4.33. The summed E-state index contributed by atoms with van der Waals surface area (Å²) in [5, 5.41) is 0. The van der Waals surface area contributed by atoms with E-state index in [9.17, 15) is 19.4 Å². The summed E-state index contributed by atoms with van der Waals surface area (Å²) in [5.74, 6) is 0. The van der Waals surface area contributed by atoms with E-state index in [1.165, 1.54) is 12.1 Å². The van der Waals surface area contributed by atoms with Gasteiger partial charge in [0.15, 0.2) is 0 Å². The number of halogens is 5. The maximum atomic E-state index is 12.1. The third kappa shape index (κ3) is 4.67. The van der Waals surface area contributed by atoms with Crippen molar-refractivity contribution in [2.24, 2.45) is 5.73 Å². The van der Waals surface area contributed by atoms with Crippen LogP contribution in [0.5, 0.6) is 0 Å². The normalized spacial score (nSPS) is 18.4. The molecule has 0 aliphatic rings. The third-order valence-corrected chi connectivity index (χ3v) is 2.34. The summed E-state index contributed by atoms with van der Waals surface area (Å²) in [5.41, 5.74) is 5.05. The van der Waals surface area contributed by atoms with E-state index in [0.29, 0.717) is 10.3 Å². The van der Waals surface area contributed by atoms with Crippen molar-refractivity contribution >= 4 is 16.1 Å². The number of hydrogen-bond donors (Lipinski definition) is 2. The molecule has 0 saturated heterocycles. The molecule has 16 heavy (non-hydrogen) atoms. The summed E-state index contributed by atoms with van der Waals surface area (Å²) in [4.78, 5) is 0. The van der Waals surface area contributed by atoms with E-state index in [-0.39, 0.29) is 0 Å². The van der Waals surface area contributed by atoms with E-state index in [1.54, 1.807) is 6.92 Å². The smallest absolute Gasteiger partial charge is 0.324 e. The Morgan fingerprint density at radius 3 is 2.19 bits per heavy atom. The molecule has 3 N–H and O–H groups in total. The Hall–Kier alpha value is -1.02. The standard InChI is InChI=1S/C8H11F5N2S/c1-6(14)7-3-2-4-8(5-7)15-16(9,10,11,12)13/h2-6,15H,14H2,1H3. The van der Waals surface area contributed by atoms with Crippen molar-refractivity contribution in [2.75, 3.05) is 4.72 Å². The van der Waals surface area contributed by atoms with E-state index >= 15 is 0 Å². The van der Waals surface area contributed by atoms with Gasteiger partial charge in [-0.05, 0) is 24.6 Å². The number of hydrogen-bond acceptors (Lipinski definition) is 2. The lowest BCUT2D eigenvalue weighted by molar-refractivity contribution is 0.375. The number of nitrogens with one attached hydrogen (secondary N) is 1. The molecule has 2 nitrogen and oxygen atoms in total. The average Bonchev–Trinajstić information content (AvgIpc) is 1.98. The summed E-state index contributed by atoms with van der Waals surface area (Å²) in [6.07, 6.45) is 0. The minimum absolute atomic E-state index is 0.340. The van der Waals surface area contributed by atoms with Crippen LogP contribution in [0.1, 0.15) is 18.5 Å². The average molecular weight is 262 g/mol. The Morgan fingerprint density at radius 1 is 1.19 bits per heavy atom. The summed E-state index contributed by atoms with van der Waals surface area (Å²) < 4.78 is 60.8. The van der Waals surface area contributed by atoms with E-state index < -0.39 is 22.1 Å². The fourth-order valence-electron chi connectivity index (χ4n) is 1.11. The highest BCUT2D eigenvalue weighted by Crippen LogP contribution is 2.96. The van der Waals surface area contributed by atoms with Crippen LogP contribution >= 0.6 is 10.4 Å². The van der Waals surface area contributed by atoms with Crippen LogP contribution < -0.4 is 10.5 Å². The second-order valence-corrected chi connectivity index (χ2v) is 5.63. The minimum atomic E-state index is -9.64. The Balaban J connectivity index is 3.05. The number of rotatable bonds is 3. The quantitative estimate of drug-likeness (QED) is 0.795. The summed E-state index contributed by atoms with van der Waals surface area (Å²) in [6.45, 7) is 1.54. The van der Waals surface area contributed by atoms with Crippen molar-refractivity contribution < 1.29 is 19.4 Å². The molecule has 1 aromatic carbocycles. The van der Waals surface area contributed by atoms with Crippen LogP contribution in [0.3, 0.4) is 0 Å². The van der Waals surface area contributed by atoms with Gasteiger partial charge in [-0.2, -0.15) is 0 Å². The summed E-state index contributed by atoms with van der Waals surface area (Å²) >= 11 is 0. The van der Waals surface area contributed by atoms with Crippen LogP contribution in [0.4, 0.5) is 25.1 Å². The Labute approximate surface area is 89.5 Å². The summed E-state index contributed by atoms with van der Waals surface area (Å²) in [6, 6.07) is 4.01. The lowest BCUT2D eigenvalue weighted by Crippen LogP contribution is -2.17. The molecule has 0 radical (unpaired) electrons. The second kappa shape index (κ2) is 3.01. The first kappa shape index (κ1) is 13.0. The molecule has 0 fully saturated rings. The van der Waals surface area contributed by atoms with Crippen LogP contribution in [-0.2, 0) is 0 Å². The molecule has 0 aliphatic carbocycles. The SMILES string of the molecule is CC(N)c1cccc(NS(F)(F)(F)(F)F)c1. The van der Waals surface area contributed by atoms with Crippen LogP contribution in [0.15, 0.2) is 24.3 Å². The predicted molar refractivity (Wildman–Crippen MR) is 55.8 cm³/mol. The van der Waals surface area contributed by atoms with Crippen LogP contribution in [0, 0.1) is 0 Å². The molecule has 0 saturated carbocycles. The topological polar surface area (TPSA) is 38.0 Å². The van der Waals surface area contributed by atoms with E-state index in [0.717, 1.165) is 12.1 Å². The lowest BCUT2D eigenvalue weighted by Gasteiger charge is -2.41. The van der Waals surface area contributed by atoms with E-state index in [4.69, 9.17) is 5.73 Å². The zero-order valence-corrected chi connectivity index (χ0v) is 9.08. The zero-order valence-electron chi connectivity index (χ0n) is 8.26. The van der Waals surface area contributed by atoms with E-state index in [2.05, 4.69) is 0 Å². The fourth-order valence-corrected chi connectivity index (χ4v) is 1.68. The highest BCUT2D eigenvalue weighted by Gasteiger charge is 2.63. The zero-order chi connectivity index (χ0) is 12.7. The Bertz CT molecular complexity index is 399. The number of anilines is 1. The van der Waals surface area contributed by atoms with Crippen molar-refractivity contribution in [3.05, 3.63) is 29.8 Å². The van der Waals surface area contributed by atoms with E-state index in [1.807, 2.05) is 0 Å². The molecule has 8 heteroatoms.